The lowest BCUT2D eigenvalue weighted by atomic mass is 10.2. The Bertz CT molecular complexity index is 267. The molecule has 0 heterocycles. The average Bonchev–Trinajstić information content (AvgIpc) is 2.35. The predicted molar refractivity (Wildman–Crippen MR) is 78.7 cm³/mol. The van der Waals surface area contributed by atoms with Crippen LogP contribution in [-0.2, 0) is 18.6 Å². The lowest BCUT2D eigenvalue weighted by molar-refractivity contribution is -0.168. The largest absolute Gasteiger partial charge is 0.342 e. The van der Waals surface area contributed by atoms with Gasteiger partial charge in [-0.05, 0) is 47.1 Å². The smallest absolute Gasteiger partial charge is 0.260 e. The maximum atomic E-state index is 13.1. The Morgan fingerprint density at radius 1 is 1.00 bits per heavy atom. The molecule has 116 valence electrons. The molecule has 0 spiro atoms. The Morgan fingerprint density at radius 3 is 2.00 bits per heavy atom. The van der Waals surface area contributed by atoms with Crippen LogP contribution in [0.1, 0.15) is 47.0 Å². The monoisotopic (exact) mass is 295 g/mol. The van der Waals surface area contributed by atoms with Gasteiger partial charge in [-0.25, -0.2) is 0 Å². The molecule has 0 amide bonds. The van der Waals surface area contributed by atoms with Gasteiger partial charge in [0.05, 0.1) is 6.61 Å². The minimum Gasteiger partial charge on any atom is -0.342 e. The molecule has 0 aromatic carbocycles. The first kappa shape index (κ1) is 19.1. The van der Waals surface area contributed by atoms with Gasteiger partial charge >= 0.3 is 0 Å². The second-order valence-corrected chi connectivity index (χ2v) is 7.29. The van der Waals surface area contributed by atoms with Crippen molar-refractivity contribution in [3.05, 3.63) is 0 Å². The first-order chi connectivity index (χ1) is 8.99. The Morgan fingerprint density at radius 2 is 1.58 bits per heavy atom. The molecule has 0 fully saturated rings. The normalized spacial score (nSPS) is 15.4. The molecule has 0 aliphatic heterocycles. The molecule has 0 aromatic rings. The molecule has 0 aliphatic carbocycles. The highest BCUT2D eigenvalue weighted by Gasteiger charge is 2.47. The van der Waals surface area contributed by atoms with Crippen LogP contribution in [0.25, 0.3) is 0 Å². The van der Waals surface area contributed by atoms with Crippen molar-refractivity contribution >= 4 is 7.37 Å². The van der Waals surface area contributed by atoms with Crippen molar-refractivity contribution in [3.8, 4) is 0 Å². The molecule has 1 unspecified atom stereocenters. The van der Waals surface area contributed by atoms with Gasteiger partial charge in [0.1, 0.15) is 0 Å². The summed E-state index contributed by atoms with van der Waals surface area (Å²) in [6, 6.07) is 0. The van der Waals surface area contributed by atoms with Crippen molar-refractivity contribution in [2.75, 3.05) is 32.5 Å². The second kappa shape index (κ2) is 9.89. The summed E-state index contributed by atoms with van der Waals surface area (Å²) in [4.78, 5) is 0. The van der Waals surface area contributed by atoms with Crippen molar-refractivity contribution < 1.29 is 18.6 Å². The van der Waals surface area contributed by atoms with E-state index in [2.05, 4.69) is 0 Å². The Kier molecular flexibility index (Phi) is 9.93. The van der Waals surface area contributed by atoms with E-state index in [0.29, 0.717) is 32.5 Å². The van der Waals surface area contributed by atoms with E-state index in [9.17, 15) is 4.57 Å². The SMILES string of the molecule is CCOC(C)(OCC)P(=O)(CCCCCN)OCC. The van der Waals surface area contributed by atoms with Crippen LogP contribution in [0.15, 0.2) is 0 Å². The first-order valence-electron chi connectivity index (χ1n) is 7.21. The molecular weight excluding hydrogens is 265 g/mol. The summed E-state index contributed by atoms with van der Waals surface area (Å²) in [5.41, 5.74) is 4.32. The number of ether oxygens (including phenoxy) is 2. The van der Waals surface area contributed by atoms with E-state index < -0.39 is 12.9 Å². The molecule has 0 radical (unpaired) electrons. The highest BCUT2D eigenvalue weighted by atomic mass is 31.2. The summed E-state index contributed by atoms with van der Waals surface area (Å²) < 4.78 is 29.8. The molecule has 6 heteroatoms. The summed E-state index contributed by atoms with van der Waals surface area (Å²) in [6.07, 6.45) is 3.16. The maximum Gasteiger partial charge on any atom is 0.260 e. The van der Waals surface area contributed by atoms with Gasteiger partial charge in [0.15, 0.2) is 0 Å². The number of nitrogens with two attached hydrogens (primary N) is 1. The van der Waals surface area contributed by atoms with Crippen LogP contribution in [0, 0.1) is 0 Å². The molecule has 0 bridgehead atoms. The second-order valence-electron chi connectivity index (χ2n) is 4.43. The van der Waals surface area contributed by atoms with Crippen molar-refractivity contribution in [1.29, 1.82) is 0 Å². The van der Waals surface area contributed by atoms with Crippen molar-refractivity contribution in [3.63, 3.8) is 0 Å². The number of hydrogen-bond acceptors (Lipinski definition) is 5. The molecular formula is C13H30NO4P. The van der Waals surface area contributed by atoms with E-state index >= 15 is 0 Å². The van der Waals surface area contributed by atoms with E-state index in [0.717, 1.165) is 19.3 Å². The molecule has 5 nitrogen and oxygen atoms in total. The van der Waals surface area contributed by atoms with E-state index in [1.54, 1.807) is 6.92 Å². The molecule has 0 aromatic heterocycles. The quantitative estimate of drug-likeness (QED) is 0.340. The van der Waals surface area contributed by atoms with Crippen molar-refractivity contribution in [1.82, 2.24) is 0 Å². The average molecular weight is 295 g/mol. The van der Waals surface area contributed by atoms with Gasteiger partial charge in [-0.15, -0.1) is 0 Å². The van der Waals surface area contributed by atoms with E-state index in [-0.39, 0.29) is 0 Å². The van der Waals surface area contributed by atoms with Crippen LogP contribution in [0.4, 0.5) is 0 Å². The third-order valence-corrected chi connectivity index (χ3v) is 6.01. The van der Waals surface area contributed by atoms with Gasteiger partial charge in [0.2, 0.25) is 5.53 Å². The number of hydrogen-bond donors (Lipinski definition) is 1. The predicted octanol–water partition coefficient (Wildman–Crippen LogP) is 3.18. The third-order valence-electron chi connectivity index (χ3n) is 2.94. The molecule has 0 saturated heterocycles. The van der Waals surface area contributed by atoms with Gasteiger partial charge in [-0.2, -0.15) is 0 Å². The number of unbranched alkanes of at least 4 members (excludes halogenated alkanes) is 2. The zero-order valence-electron chi connectivity index (χ0n) is 12.8. The molecule has 1 atom stereocenters. The third kappa shape index (κ3) is 5.92. The van der Waals surface area contributed by atoms with Crippen molar-refractivity contribution in [2.24, 2.45) is 5.73 Å². The Labute approximate surface area is 117 Å². The van der Waals surface area contributed by atoms with E-state index in [1.165, 1.54) is 0 Å². The molecule has 0 saturated carbocycles. The maximum absolute atomic E-state index is 13.1. The topological polar surface area (TPSA) is 70.8 Å². The van der Waals surface area contributed by atoms with Gasteiger partial charge < -0.3 is 19.7 Å². The summed E-state index contributed by atoms with van der Waals surface area (Å²) in [6.45, 7) is 9.22. The Hall–Kier alpha value is 0.0700. The first-order valence-corrected chi connectivity index (χ1v) is 9.02. The van der Waals surface area contributed by atoms with E-state index in [1.807, 2.05) is 20.8 Å². The molecule has 0 aliphatic rings. The van der Waals surface area contributed by atoms with Gasteiger partial charge in [-0.3, -0.25) is 4.57 Å². The van der Waals surface area contributed by atoms with Crippen LogP contribution >= 0.6 is 7.37 Å². The summed E-state index contributed by atoms with van der Waals surface area (Å²) in [7, 11) is -3.00. The fourth-order valence-corrected chi connectivity index (χ4v) is 4.49. The minimum atomic E-state index is -3.00. The van der Waals surface area contributed by atoms with Crippen molar-refractivity contribution in [2.45, 2.75) is 52.5 Å². The molecule has 2 N–H and O–H groups in total. The lowest BCUT2D eigenvalue weighted by Crippen LogP contribution is -2.34. The van der Waals surface area contributed by atoms with Gasteiger partial charge in [0.25, 0.3) is 7.37 Å². The van der Waals surface area contributed by atoms with Gasteiger partial charge in [-0.1, -0.05) is 6.42 Å². The van der Waals surface area contributed by atoms with Crippen LogP contribution in [-0.4, -0.2) is 38.1 Å². The molecule has 0 rings (SSSR count). The van der Waals surface area contributed by atoms with Gasteiger partial charge in [0, 0.05) is 19.4 Å². The van der Waals surface area contributed by atoms with Crippen LogP contribution in [0.5, 0.6) is 0 Å². The highest BCUT2D eigenvalue weighted by Crippen LogP contribution is 2.60. The van der Waals surface area contributed by atoms with E-state index in [4.69, 9.17) is 19.7 Å². The lowest BCUT2D eigenvalue weighted by Gasteiger charge is -2.36. The highest BCUT2D eigenvalue weighted by molar-refractivity contribution is 7.60. The Balaban J connectivity index is 4.82. The minimum absolute atomic E-state index is 0.393. The summed E-state index contributed by atoms with van der Waals surface area (Å²) in [5.74, 6) is 0. The summed E-state index contributed by atoms with van der Waals surface area (Å²) >= 11 is 0. The van der Waals surface area contributed by atoms with Crippen LogP contribution < -0.4 is 5.73 Å². The fraction of sp³-hybridized carbons (Fsp3) is 1.00. The molecule has 19 heavy (non-hydrogen) atoms. The number of rotatable bonds is 12. The zero-order chi connectivity index (χ0) is 14.8. The zero-order valence-corrected chi connectivity index (χ0v) is 13.7. The van der Waals surface area contributed by atoms with Crippen LogP contribution in [0.2, 0.25) is 0 Å². The van der Waals surface area contributed by atoms with Crippen LogP contribution in [0.3, 0.4) is 0 Å². The fourth-order valence-electron chi connectivity index (χ4n) is 2.01. The summed E-state index contributed by atoms with van der Waals surface area (Å²) in [5, 5.41) is 0. The standard InChI is InChI=1S/C13H30NO4P/c1-5-16-13(4,17-6-2)19(15,18-7-3)12-10-8-9-11-14/h5-12,14H2,1-4H3.